The monoisotopic (exact) mass is 230 g/mol. The summed E-state index contributed by atoms with van der Waals surface area (Å²) >= 11 is 0. The second kappa shape index (κ2) is 8.01. The van der Waals surface area contributed by atoms with Crippen LogP contribution in [-0.2, 0) is 4.74 Å². The SMILES string of the molecule is CCOCC(O)CN1CCCC(CNC)C1. The topological polar surface area (TPSA) is 44.7 Å². The zero-order valence-electron chi connectivity index (χ0n) is 10.6. The largest absolute Gasteiger partial charge is 0.389 e. The van der Waals surface area contributed by atoms with E-state index < -0.39 is 0 Å². The maximum atomic E-state index is 9.77. The smallest absolute Gasteiger partial charge is 0.0900 e. The van der Waals surface area contributed by atoms with Crippen LogP contribution in [0.1, 0.15) is 19.8 Å². The van der Waals surface area contributed by atoms with E-state index in [9.17, 15) is 5.11 Å². The molecule has 0 aromatic carbocycles. The standard InChI is InChI=1S/C12H26N2O2/c1-3-16-10-12(15)9-14-6-4-5-11(8-14)7-13-2/h11-13,15H,3-10H2,1-2H3. The molecule has 0 amide bonds. The molecule has 0 saturated carbocycles. The van der Waals surface area contributed by atoms with Gasteiger partial charge in [0.1, 0.15) is 0 Å². The van der Waals surface area contributed by atoms with Crippen molar-refractivity contribution in [3.63, 3.8) is 0 Å². The van der Waals surface area contributed by atoms with Crippen LogP contribution in [0.5, 0.6) is 0 Å². The number of ether oxygens (including phenoxy) is 1. The van der Waals surface area contributed by atoms with E-state index in [-0.39, 0.29) is 6.10 Å². The molecular weight excluding hydrogens is 204 g/mol. The van der Waals surface area contributed by atoms with Crippen LogP contribution in [0.25, 0.3) is 0 Å². The molecule has 0 aliphatic carbocycles. The van der Waals surface area contributed by atoms with Crippen molar-refractivity contribution in [3.8, 4) is 0 Å². The fourth-order valence-corrected chi connectivity index (χ4v) is 2.38. The van der Waals surface area contributed by atoms with E-state index in [4.69, 9.17) is 4.74 Å². The highest BCUT2D eigenvalue weighted by atomic mass is 16.5. The molecule has 0 aromatic heterocycles. The molecule has 4 heteroatoms. The fraction of sp³-hybridized carbons (Fsp3) is 1.00. The minimum absolute atomic E-state index is 0.340. The molecular formula is C12H26N2O2. The van der Waals surface area contributed by atoms with Crippen molar-refractivity contribution in [2.24, 2.45) is 5.92 Å². The van der Waals surface area contributed by atoms with Crippen molar-refractivity contribution in [2.45, 2.75) is 25.9 Å². The summed E-state index contributed by atoms with van der Waals surface area (Å²) in [6.07, 6.45) is 2.21. The van der Waals surface area contributed by atoms with Crippen LogP contribution in [-0.4, -0.2) is 62.6 Å². The third-order valence-electron chi connectivity index (χ3n) is 3.08. The Morgan fingerprint density at radius 3 is 3.06 bits per heavy atom. The Morgan fingerprint density at radius 1 is 1.56 bits per heavy atom. The van der Waals surface area contributed by atoms with Crippen molar-refractivity contribution in [1.29, 1.82) is 0 Å². The van der Waals surface area contributed by atoms with Crippen LogP contribution in [0, 0.1) is 5.92 Å². The van der Waals surface area contributed by atoms with Gasteiger partial charge in [0.15, 0.2) is 0 Å². The van der Waals surface area contributed by atoms with Crippen molar-refractivity contribution in [2.75, 3.05) is 46.4 Å². The van der Waals surface area contributed by atoms with E-state index in [0.717, 1.165) is 32.1 Å². The number of rotatable bonds is 7. The summed E-state index contributed by atoms with van der Waals surface area (Å²) in [5.74, 6) is 0.734. The third kappa shape index (κ3) is 5.25. The first-order valence-corrected chi connectivity index (χ1v) is 6.39. The van der Waals surface area contributed by atoms with Gasteiger partial charge in [-0.25, -0.2) is 0 Å². The summed E-state index contributed by atoms with van der Waals surface area (Å²) in [5, 5.41) is 13.0. The second-order valence-corrected chi connectivity index (χ2v) is 4.64. The quantitative estimate of drug-likeness (QED) is 0.661. The zero-order valence-corrected chi connectivity index (χ0v) is 10.6. The molecule has 1 aliphatic heterocycles. The molecule has 2 unspecified atom stereocenters. The lowest BCUT2D eigenvalue weighted by molar-refractivity contribution is 0.0130. The minimum Gasteiger partial charge on any atom is -0.389 e. The van der Waals surface area contributed by atoms with Crippen molar-refractivity contribution in [1.82, 2.24) is 10.2 Å². The molecule has 1 aliphatic rings. The van der Waals surface area contributed by atoms with E-state index >= 15 is 0 Å². The van der Waals surface area contributed by atoms with E-state index in [2.05, 4.69) is 10.2 Å². The first-order valence-electron chi connectivity index (χ1n) is 6.39. The molecule has 0 spiro atoms. The summed E-state index contributed by atoms with van der Waals surface area (Å²) < 4.78 is 5.22. The Balaban J connectivity index is 2.20. The number of aliphatic hydroxyl groups is 1. The molecule has 96 valence electrons. The molecule has 2 N–H and O–H groups in total. The fourth-order valence-electron chi connectivity index (χ4n) is 2.38. The van der Waals surface area contributed by atoms with Crippen molar-refractivity contribution in [3.05, 3.63) is 0 Å². The minimum atomic E-state index is -0.340. The number of hydrogen-bond donors (Lipinski definition) is 2. The van der Waals surface area contributed by atoms with Gasteiger partial charge in [-0.3, -0.25) is 0 Å². The summed E-state index contributed by atoms with van der Waals surface area (Å²) in [6.45, 7) is 7.14. The van der Waals surface area contributed by atoms with Gasteiger partial charge in [-0.2, -0.15) is 0 Å². The van der Waals surface area contributed by atoms with E-state index in [1.54, 1.807) is 0 Å². The van der Waals surface area contributed by atoms with Crippen LogP contribution in [0.15, 0.2) is 0 Å². The Morgan fingerprint density at radius 2 is 2.38 bits per heavy atom. The van der Waals surface area contributed by atoms with E-state index in [1.165, 1.54) is 12.8 Å². The molecule has 0 radical (unpaired) electrons. The maximum Gasteiger partial charge on any atom is 0.0900 e. The average molecular weight is 230 g/mol. The van der Waals surface area contributed by atoms with Crippen molar-refractivity contribution >= 4 is 0 Å². The van der Waals surface area contributed by atoms with Crippen LogP contribution < -0.4 is 5.32 Å². The number of nitrogens with zero attached hydrogens (tertiary/aromatic N) is 1. The molecule has 16 heavy (non-hydrogen) atoms. The zero-order chi connectivity index (χ0) is 11.8. The van der Waals surface area contributed by atoms with Crippen LogP contribution in [0.4, 0.5) is 0 Å². The Labute approximate surface area is 99.0 Å². The molecule has 1 fully saturated rings. The number of hydrogen-bond acceptors (Lipinski definition) is 4. The number of nitrogens with one attached hydrogen (secondary N) is 1. The maximum absolute atomic E-state index is 9.77. The molecule has 0 aromatic rings. The highest BCUT2D eigenvalue weighted by molar-refractivity contribution is 4.75. The van der Waals surface area contributed by atoms with Crippen molar-refractivity contribution < 1.29 is 9.84 Å². The lowest BCUT2D eigenvalue weighted by atomic mass is 9.98. The summed E-state index contributed by atoms with van der Waals surface area (Å²) in [6, 6.07) is 0. The van der Waals surface area contributed by atoms with Crippen LogP contribution >= 0.6 is 0 Å². The van der Waals surface area contributed by atoms with Gasteiger partial charge in [-0.15, -0.1) is 0 Å². The van der Waals surface area contributed by atoms with E-state index in [1.807, 2.05) is 14.0 Å². The van der Waals surface area contributed by atoms with Gasteiger partial charge in [0.2, 0.25) is 0 Å². The van der Waals surface area contributed by atoms with Gasteiger partial charge >= 0.3 is 0 Å². The lowest BCUT2D eigenvalue weighted by Crippen LogP contribution is -2.43. The highest BCUT2D eigenvalue weighted by Crippen LogP contribution is 2.15. The molecule has 4 nitrogen and oxygen atoms in total. The summed E-state index contributed by atoms with van der Waals surface area (Å²) in [7, 11) is 2.00. The molecule has 1 saturated heterocycles. The summed E-state index contributed by atoms with van der Waals surface area (Å²) in [4.78, 5) is 2.36. The van der Waals surface area contributed by atoms with Crippen LogP contribution in [0.2, 0.25) is 0 Å². The number of piperidine rings is 1. The number of likely N-dealkylation sites (tertiary alicyclic amines) is 1. The van der Waals surface area contributed by atoms with Gasteiger partial charge in [0.05, 0.1) is 12.7 Å². The molecule has 2 atom stereocenters. The molecule has 1 heterocycles. The Kier molecular flexibility index (Phi) is 6.96. The second-order valence-electron chi connectivity index (χ2n) is 4.64. The van der Waals surface area contributed by atoms with Gasteiger partial charge in [0.25, 0.3) is 0 Å². The van der Waals surface area contributed by atoms with Crippen LogP contribution in [0.3, 0.4) is 0 Å². The normalized spacial score (nSPS) is 24.6. The van der Waals surface area contributed by atoms with Gasteiger partial charge in [-0.1, -0.05) is 0 Å². The first-order chi connectivity index (χ1) is 7.76. The predicted molar refractivity (Wildman–Crippen MR) is 65.6 cm³/mol. The van der Waals surface area contributed by atoms with Gasteiger partial charge < -0.3 is 20.1 Å². The lowest BCUT2D eigenvalue weighted by Gasteiger charge is -2.33. The Bertz CT molecular complexity index is 176. The third-order valence-corrected chi connectivity index (χ3v) is 3.08. The van der Waals surface area contributed by atoms with Gasteiger partial charge in [0, 0.05) is 19.7 Å². The molecule has 0 bridgehead atoms. The van der Waals surface area contributed by atoms with E-state index in [0.29, 0.717) is 13.2 Å². The Hall–Kier alpha value is -0.160. The number of β-amino-alcohol motifs (C(OH)–C–C–N with tert-alkyl or cyclic N) is 1. The predicted octanol–water partition coefficient (Wildman–Crippen LogP) is 0.315. The summed E-state index contributed by atoms with van der Waals surface area (Å²) in [5.41, 5.74) is 0. The van der Waals surface area contributed by atoms with Gasteiger partial charge in [-0.05, 0) is 45.8 Å². The number of aliphatic hydroxyl groups excluding tert-OH is 1. The molecule has 1 rings (SSSR count). The average Bonchev–Trinajstić information content (AvgIpc) is 2.27. The highest BCUT2D eigenvalue weighted by Gasteiger charge is 2.21. The first kappa shape index (κ1) is 13.9.